The Kier molecular flexibility index (Phi) is 4.65. The number of thiazole rings is 1. The fraction of sp³-hybridized carbons (Fsp3) is 0.278. The first-order chi connectivity index (χ1) is 12.6. The van der Waals surface area contributed by atoms with Crippen LogP contribution in [-0.2, 0) is 4.79 Å². The summed E-state index contributed by atoms with van der Waals surface area (Å²) in [6, 6.07) is 7.11. The van der Waals surface area contributed by atoms with Crippen LogP contribution in [0, 0.1) is 5.92 Å². The number of amides is 2. The molecule has 1 fully saturated rings. The van der Waals surface area contributed by atoms with Crippen LogP contribution in [0.25, 0.3) is 10.2 Å². The van der Waals surface area contributed by atoms with Crippen molar-refractivity contribution >= 4 is 50.1 Å². The number of carbonyl (C=O) groups is 2. The van der Waals surface area contributed by atoms with Crippen LogP contribution in [0.4, 0.5) is 5.13 Å². The number of furan rings is 1. The number of hydrogen-bond acceptors (Lipinski definition) is 5. The monoisotopic (exact) mass is 389 g/mol. The largest absolute Gasteiger partial charge is 0.472 e. The lowest BCUT2D eigenvalue weighted by molar-refractivity contribution is -0.121. The number of nitrogens with one attached hydrogen (secondary N) is 1. The summed E-state index contributed by atoms with van der Waals surface area (Å²) in [5.41, 5.74) is 1.36. The molecule has 8 heteroatoms. The molecule has 1 saturated heterocycles. The number of fused-ring (bicyclic) bond motifs is 1. The van der Waals surface area contributed by atoms with Gasteiger partial charge in [-0.2, -0.15) is 0 Å². The van der Waals surface area contributed by atoms with Crippen molar-refractivity contribution in [2.75, 3.05) is 18.4 Å². The van der Waals surface area contributed by atoms with Crippen LogP contribution in [0.3, 0.4) is 0 Å². The number of halogens is 1. The van der Waals surface area contributed by atoms with Gasteiger partial charge in [0.15, 0.2) is 5.13 Å². The van der Waals surface area contributed by atoms with Gasteiger partial charge in [-0.1, -0.05) is 22.9 Å². The molecule has 4 rings (SSSR count). The minimum atomic E-state index is -0.126. The van der Waals surface area contributed by atoms with E-state index < -0.39 is 0 Å². The van der Waals surface area contributed by atoms with Gasteiger partial charge < -0.3 is 14.6 Å². The predicted octanol–water partition coefficient (Wildman–Crippen LogP) is 4.03. The fourth-order valence-corrected chi connectivity index (χ4v) is 4.22. The highest BCUT2D eigenvalue weighted by molar-refractivity contribution is 7.22. The number of hydrogen-bond donors (Lipinski definition) is 1. The average molecular weight is 390 g/mol. The van der Waals surface area contributed by atoms with Gasteiger partial charge in [0.05, 0.1) is 22.0 Å². The number of carbonyl (C=O) groups excluding carboxylic acids is 2. The van der Waals surface area contributed by atoms with Crippen LogP contribution in [0.2, 0.25) is 5.02 Å². The third kappa shape index (κ3) is 3.45. The quantitative estimate of drug-likeness (QED) is 0.733. The molecule has 26 heavy (non-hydrogen) atoms. The summed E-state index contributed by atoms with van der Waals surface area (Å²) in [6.45, 7) is 1.11. The van der Waals surface area contributed by atoms with Gasteiger partial charge in [0, 0.05) is 24.0 Å². The lowest BCUT2D eigenvalue weighted by Gasteiger charge is -2.30. The maximum absolute atomic E-state index is 12.5. The van der Waals surface area contributed by atoms with Crippen molar-refractivity contribution in [3.05, 3.63) is 47.4 Å². The molecule has 6 nitrogen and oxygen atoms in total. The number of likely N-dealkylation sites (tertiary alicyclic amines) is 1. The molecule has 1 aliphatic heterocycles. The molecule has 2 amide bonds. The topological polar surface area (TPSA) is 75.4 Å². The predicted molar refractivity (Wildman–Crippen MR) is 101 cm³/mol. The Balaban J connectivity index is 1.36. The summed E-state index contributed by atoms with van der Waals surface area (Å²) in [7, 11) is 0. The van der Waals surface area contributed by atoms with Crippen LogP contribution in [0.15, 0.2) is 41.2 Å². The van der Waals surface area contributed by atoms with E-state index in [0.717, 1.165) is 10.2 Å². The molecular weight excluding hydrogens is 374 g/mol. The third-order valence-electron chi connectivity index (χ3n) is 4.50. The van der Waals surface area contributed by atoms with Gasteiger partial charge in [-0.3, -0.25) is 9.59 Å². The van der Waals surface area contributed by atoms with Crippen LogP contribution < -0.4 is 5.32 Å². The van der Waals surface area contributed by atoms with E-state index in [0.29, 0.717) is 41.6 Å². The van der Waals surface area contributed by atoms with Gasteiger partial charge in [0.25, 0.3) is 5.91 Å². The summed E-state index contributed by atoms with van der Waals surface area (Å²) in [5, 5.41) is 4.12. The maximum Gasteiger partial charge on any atom is 0.257 e. The Morgan fingerprint density at radius 2 is 2.08 bits per heavy atom. The van der Waals surface area contributed by atoms with Crippen molar-refractivity contribution in [1.82, 2.24) is 9.88 Å². The highest BCUT2D eigenvalue weighted by atomic mass is 35.5. The van der Waals surface area contributed by atoms with Crippen LogP contribution >= 0.6 is 22.9 Å². The second-order valence-electron chi connectivity index (χ2n) is 6.20. The van der Waals surface area contributed by atoms with E-state index in [-0.39, 0.29) is 17.7 Å². The second kappa shape index (κ2) is 7.09. The summed E-state index contributed by atoms with van der Waals surface area (Å²) in [6.07, 6.45) is 4.19. The number of anilines is 1. The second-order valence-corrected chi connectivity index (χ2v) is 7.67. The van der Waals surface area contributed by atoms with Crippen molar-refractivity contribution in [2.45, 2.75) is 12.8 Å². The highest BCUT2D eigenvalue weighted by Gasteiger charge is 2.28. The third-order valence-corrected chi connectivity index (χ3v) is 5.67. The summed E-state index contributed by atoms with van der Waals surface area (Å²) in [5.74, 6) is -0.231. The van der Waals surface area contributed by atoms with E-state index in [4.69, 9.17) is 16.0 Å². The molecule has 1 aromatic carbocycles. The van der Waals surface area contributed by atoms with Crippen molar-refractivity contribution in [1.29, 1.82) is 0 Å². The first-order valence-corrected chi connectivity index (χ1v) is 9.48. The van der Waals surface area contributed by atoms with E-state index in [1.807, 2.05) is 12.1 Å². The minimum absolute atomic E-state index is 0.0504. The smallest absolute Gasteiger partial charge is 0.257 e. The Morgan fingerprint density at radius 1 is 1.27 bits per heavy atom. The van der Waals surface area contributed by atoms with E-state index in [2.05, 4.69) is 10.3 Å². The Morgan fingerprint density at radius 3 is 2.81 bits per heavy atom. The van der Waals surface area contributed by atoms with Gasteiger partial charge in [-0.25, -0.2) is 4.98 Å². The first-order valence-electron chi connectivity index (χ1n) is 8.28. The molecule has 0 atom stereocenters. The highest BCUT2D eigenvalue weighted by Crippen LogP contribution is 2.29. The van der Waals surface area contributed by atoms with Crippen molar-refractivity contribution < 1.29 is 14.0 Å². The molecule has 0 spiro atoms. The molecule has 0 unspecified atom stereocenters. The normalized spacial score (nSPS) is 15.3. The molecule has 2 aromatic heterocycles. The van der Waals surface area contributed by atoms with Crippen molar-refractivity contribution in [3.63, 3.8) is 0 Å². The Hall–Kier alpha value is -2.38. The molecule has 1 N–H and O–H groups in total. The van der Waals surface area contributed by atoms with E-state index in [1.54, 1.807) is 17.0 Å². The van der Waals surface area contributed by atoms with Gasteiger partial charge in [-0.15, -0.1) is 0 Å². The SMILES string of the molecule is O=C(Nc1nc2ccc(Cl)cc2s1)C1CCN(C(=O)c2ccoc2)CC1. The van der Waals surface area contributed by atoms with Gasteiger partial charge in [0.1, 0.15) is 6.26 Å². The average Bonchev–Trinajstić information content (AvgIpc) is 3.30. The number of rotatable bonds is 3. The molecule has 3 aromatic rings. The zero-order valence-electron chi connectivity index (χ0n) is 13.8. The maximum atomic E-state index is 12.5. The fourth-order valence-electron chi connectivity index (χ4n) is 3.07. The van der Waals surface area contributed by atoms with E-state index in [1.165, 1.54) is 23.9 Å². The molecule has 134 valence electrons. The Bertz CT molecular complexity index is 946. The standard InChI is InChI=1S/C18H16ClN3O3S/c19-13-1-2-14-15(9-13)26-18(20-14)21-16(23)11-3-6-22(7-4-11)17(24)12-5-8-25-10-12/h1-2,5,8-11H,3-4,6-7H2,(H,20,21,23). The number of piperidine rings is 1. The van der Waals surface area contributed by atoms with Crippen LogP contribution in [0.1, 0.15) is 23.2 Å². The minimum Gasteiger partial charge on any atom is -0.472 e. The lowest BCUT2D eigenvalue weighted by atomic mass is 9.95. The zero-order chi connectivity index (χ0) is 18.1. The van der Waals surface area contributed by atoms with Crippen LogP contribution in [0.5, 0.6) is 0 Å². The number of nitrogens with zero attached hydrogens (tertiary/aromatic N) is 2. The van der Waals surface area contributed by atoms with Crippen LogP contribution in [-0.4, -0.2) is 34.8 Å². The van der Waals surface area contributed by atoms with Gasteiger partial charge in [0.2, 0.25) is 5.91 Å². The summed E-state index contributed by atoms with van der Waals surface area (Å²) in [4.78, 5) is 31.0. The zero-order valence-corrected chi connectivity index (χ0v) is 15.3. The summed E-state index contributed by atoms with van der Waals surface area (Å²) < 4.78 is 5.90. The molecule has 0 saturated carbocycles. The molecule has 0 radical (unpaired) electrons. The van der Waals surface area contributed by atoms with Gasteiger partial charge in [-0.05, 0) is 37.1 Å². The molecule has 3 heterocycles. The first kappa shape index (κ1) is 17.1. The molecule has 0 aliphatic carbocycles. The Labute approximate surface area is 158 Å². The molecule has 1 aliphatic rings. The number of benzene rings is 1. The molecule has 0 bridgehead atoms. The molecular formula is C18H16ClN3O3S. The van der Waals surface area contributed by atoms with Crippen molar-refractivity contribution in [3.8, 4) is 0 Å². The number of aromatic nitrogens is 1. The van der Waals surface area contributed by atoms with Crippen molar-refractivity contribution in [2.24, 2.45) is 5.92 Å². The van der Waals surface area contributed by atoms with Gasteiger partial charge >= 0.3 is 0 Å². The lowest BCUT2D eigenvalue weighted by Crippen LogP contribution is -2.41. The van der Waals surface area contributed by atoms with E-state index in [9.17, 15) is 9.59 Å². The van der Waals surface area contributed by atoms with E-state index >= 15 is 0 Å². The summed E-state index contributed by atoms with van der Waals surface area (Å²) >= 11 is 7.39.